The van der Waals surface area contributed by atoms with E-state index in [9.17, 15) is 14.4 Å². The highest BCUT2D eigenvalue weighted by molar-refractivity contribution is 6.05. The third-order valence-corrected chi connectivity index (χ3v) is 4.61. The number of rotatable bonds is 4. The van der Waals surface area contributed by atoms with Gasteiger partial charge in [0.15, 0.2) is 0 Å². The Balaban J connectivity index is 2.04. The first-order valence-electron chi connectivity index (χ1n) is 9.14. The number of esters is 2. The van der Waals surface area contributed by atoms with E-state index in [4.69, 9.17) is 14.2 Å². The van der Waals surface area contributed by atoms with Gasteiger partial charge in [-0.2, -0.15) is 0 Å². The minimum absolute atomic E-state index is 0.0459. The number of amides is 1. The third kappa shape index (κ3) is 3.87. The number of benzene rings is 1. The quantitative estimate of drug-likeness (QED) is 0.569. The average molecular weight is 398 g/mol. The molecule has 2 heterocycles. The number of carbonyl (C=O) groups is 3. The van der Waals surface area contributed by atoms with Crippen LogP contribution < -0.4 is 9.80 Å². The van der Waals surface area contributed by atoms with Gasteiger partial charge < -0.3 is 19.1 Å². The second kappa shape index (κ2) is 8.64. The zero-order valence-electron chi connectivity index (χ0n) is 16.5. The molecule has 0 aliphatic carbocycles. The van der Waals surface area contributed by atoms with Crippen LogP contribution in [0.15, 0.2) is 53.9 Å². The monoisotopic (exact) mass is 398 g/mol. The lowest BCUT2D eigenvalue weighted by Crippen LogP contribution is -2.29. The molecule has 0 spiro atoms. The minimum atomic E-state index is -0.671. The predicted molar refractivity (Wildman–Crippen MR) is 106 cm³/mol. The summed E-state index contributed by atoms with van der Waals surface area (Å²) in [4.78, 5) is 40.0. The van der Waals surface area contributed by atoms with Crippen LogP contribution in [0, 0.1) is 0 Å². The highest BCUT2D eigenvalue weighted by Crippen LogP contribution is 2.34. The van der Waals surface area contributed by atoms with Crippen molar-refractivity contribution < 1.29 is 28.6 Å². The molecule has 0 N–H and O–H groups in total. The van der Waals surface area contributed by atoms with Crippen molar-refractivity contribution in [1.29, 1.82) is 0 Å². The van der Waals surface area contributed by atoms with Gasteiger partial charge in [0.2, 0.25) is 0 Å². The van der Waals surface area contributed by atoms with Crippen molar-refractivity contribution in [2.45, 2.75) is 13.3 Å². The maximum atomic E-state index is 12.5. The van der Waals surface area contributed by atoms with Gasteiger partial charge in [-0.3, -0.25) is 4.90 Å². The SMILES string of the molecule is CCOC(=O)N1CCc2cc(N3C=CC=CC(C(=O)OC)=C3C(=O)OC)ccc21. The number of fused-ring (bicyclic) bond motifs is 1. The number of carbonyl (C=O) groups excluding carboxylic acids is 3. The topological polar surface area (TPSA) is 85.4 Å². The van der Waals surface area contributed by atoms with Gasteiger partial charge in [-0.25, -0.2) is 14.4 Å². The van der Waals surface area contributed by atoms with Crippen LogP contribution in [0.3, 0.4) is 0 Å². The second-order valence-electron chi connectivity index (χ2n) is 6.23. The summed E-state index contributed by atoms with van der Waals surface area (Å²) in [6, 6.07) is 5.44. The maximum absolute atomic E-state index is 12.5. The van der Waals surface area contributed by atoms with Crippen LogP contribution in [0.4, 0.5) is 16.2 Å². The fraction of sp³-hybridized carbons (Fsp3) is 0.286. The molecule has 0 fully saturated rings. The smallest absolute Gasteiger partial charge is 0.414 e. The van der Waals surface area contributed by atoms with Crippen LogP contribution in [-0.4, -0.2) is 45.4 Å². The van der Waals surface area contributed by atoms with E-state index in [0.717, 1.165) is 11.3 Å². The van der Waals surface area contributed by atoms with E-state index in [-0.39, 0.29) is 17.4 Å². The molecule has 1 amide bonds. The lowest BCUT2D eigenvalue weighted by molar-refractivity contribution is -0.139. The molecular weight excluding hydrogens is 376 g/mol. The van der Waals surface area contributed by atoms with E-state index >= 15 is 0 Å². The Kier molecular flexibility index (Phi) is 6.01. The molecule has 152 valence electrons. The molecule has 1 aromatic carbocycles. The Labute approximate surface area is 168 Å². The summed E-state index contributed by atoms with van der Waals surface area (Å²) >= 11 is 0. The molecule has 0 atom stereocenters. The summed E-state index contributed by atoms with van der Waals surface area (Å²) in [5, 5.41) is 0. The molecule has 0 bridgehead atoms. The van der Waals surface area contributed by atoms with Gasteiger partial charge >= 0.3 is 18.0 Å². The number of methoxy groups -OCH3 is 2. The summed E-state index contributed by atoms with van der Waals surface area (Å²) in [7, 11) is 2.50. The van der Waals surface area contributed by atoms with Crippen molar-refractivity contribution in [3.05, 3.63) is 59.5 Å². The van der Waals surface area contributed by atoms with Crippen LogP contribution in [0.2, 0.25) is 0 Å². The molecule has 0 radical (unpaired) electrons. The molecule has 0 saturated heterocycles. The Morgan fingerprint density at radius 3 is 2.52 bits per heavy atom. The Morgan fingerprint density at radius 1 is 1.07 bits per heavy atom. The Morgan fingerprint density at radius 2 is 1.83 bits per heavy atom. The molecule has 1 aromatic rings. The average Bonchev–Trinajstić information content (AvgIpc) is 3.03. The molecule has 8 heteroatoms. The van der Waals surface area contributed by atoms with Crippen molar-refractivity contribution in [2.75, 3.05) is 37.2 Å². The highest BCUT2D eigenvalue weighted by Gasteiger charge is 2.30. The number of hydrogen-bond acceptors (Lipinski definition) is 7. The number of anilines is 2. The maximum Gasteiger partial charge on any atom is 0.414 e. The normalized spacial score (nSPS) is 15.1. The van der Waals surface area contributed by atoms with E-state index in [1.54, 1.807) is 47.2 Å². The fourth-order valence-electron chi connectivity index (χ4n) is 3.29. The van der Waals surface area contributed by atoms with Crippen LogP contribution in [0.5, 0.6) is 0 Å². The minimum Gasteiger partial charge on any atom is -0.465 e. The van der Waals surface area contributed by atoms with Crippen molar-refractivity contribution in [1.82, 2.24) is 0 Å². The van der Waals surface area contributed by atoms with Gasteiger partial charge in [0.25, 0.3) is 0 Å². The summed E-state index contributed by atoms with van der Waals surface area (Å²) < 4.78 is 14.8. The number of hydrogen-bond donors (Lipinski definition) is 0. The fourth-order valence-corrected chi connectivity index (χ4v) is 3.29. The van der Waals surface area contributed by atoms with Crippen molar-refractivity contribution in [2.24, 2.45) is 0 Å². The number of ether oxygens (including phenoxy) is 3. The molecule has 2 aliphatic rings. The van der Waals surface area contributed by atoms with Gasteiger partial charge in [0, 0.05) is 18.4 Å². The standard InChI is InChI=1S/C21H22N2O6/c1-4-29-21(26)23-12-10-14-13-15(8-9-17(14)23)22-11-6-5-7-16(19(24)27-2)18(22)20(25)28-3/h5-9,11,13H,4,10,12H2,1-3H3. The Bertz CT molecular complexity index is 931. The molecule has 0 saturated carbocycles. The van der Waals surface area contributed by atoms with Gasteiger partial charge in [0.1, 0.15) is 5.70 Å². The highest BCUT2D eigenvalue weighted by atomic mass is 16.6. The predicted octanol–water partition coefficient (Wildman–Crippen LogP) is 2.70. The van der Waals surface area contributed by atoms with E-state index in [1.807, 2.05) is 6.07 Å². The number of allylic oxidation sites excluding steroid dienone is 2. The lowest BCUT2D eigenvalue weighted by atomic mass is 10.1. The van der Waals surface area contributed by atoms with Gasteiger partial charge in [0.05, 0.1) is 32.1 Å². The molecule has 3 rings (SSSR count). The molecular formula is C21H22N2O6. The largest absolute Gasteiger partial charge is 0.465 e. The second-order valence-corrected chi connectivity index (χ2v) is 6.23. The number of nitrogens with zero attached hydrogens (tertiary/aromatic N) is 2. The summed E-state index contributed by atoms with van der Waals surface area (Å²) in [5.74, 6) is -1.32. The summed E-state index contributed by atoms with van der Waals surface area (Å²) in [5.41, 5.74) is 2.48. The summed E-state index contributed by atoms with van der Waals surface area (Å²) in [6.45, 7) is 2.58. The first-order valence-corrected chi connectivity index (χ1v) is 9.14. The van der Waals surface area contributed by atoms with Gasteiger partial charge in [-0.05, 0) is 49.3 Å². The van der Waals surface area contributed by atoms with Crippen LogP contribution in [0.25, 0.3) is 0 Å². The molecule has 8 nitrogen and oxygen atoms in total. The zero-order chi connectivity index (χ0) is 21.0. The van der Waals surface area contributed by atoms with Crippen molar-refractivity contribution >= 4 is 29.4 Å². The molecule has 0 aromatic heterocycles. The lowest BCUT2D eigenvalue weighted by Gasteiger charge is -2.24. The van der Waals surface area contributed by atoms with Crippen LogP contribution in [0.1, 0.15) is 12.5 Å². The first-order chi connectivity index (χ1) is 14.0. The first kappa shape index (κ1) is 20.2. The Hall–Kier alpha value is -3.55. The molecule has 2 aliphatic heterocycles. The third-order valence-electron chi connectivity index (χ3n) is 4.61. The van der Waals surface area contributed by atoms with Crippen molar-refractivity contribution in [3.8, 4) is 0 Å². The van der Waals surface area contributed by atoms with E-state index in [2.05, 4.69) is 0 Å². The zero-order valence-corrected chi connectivity index (χ0v) is 16.5. The van der Waals surface area contributed by atoms with Gasteiger partial charge in [-0.1, -0.05) is 6.08 Å². The van der Waals surface area contributed by atoms with E-state index in [1.165, 1.54) is 20.3 Å². The van der Waals surface area contributed by atoms with Crippen molar-refractivity contribution in [3.63, 3.8) is 0 Å². The molecule has 0 unspecified atom stereocenters. The van der Waals surface area contributed by atoms with Crippen LogP contribution >= 0.6 is 0 Å². The molecule has 29 heavy (non-hydrogen) atoms. The van der Waals surface area contributed by atoms with Gasteiger partial charge in [-0.15, -0.1) is 0 Å². The van der Waals surface area contributed by atoms with Crippen LogP contribution in [-0.2, 0) is 30.2 Å². The van der Waals surface area contributed by atoms with E-state index in [0.29, 0.717) is 25.3 Å². The summed E-state index contributed by atoms with van der Waals surface area (Å²) in [6.07, 6.45) is 6.78. The van der Waals surface area contributed by atoms with E-state index < -0.39 is 11.9 Å².